The van der Waals surface area contributed by atoms with E-state index in [1.807, 2.05) is 13.0 Å². The average molecular weight is 288 g/mol. The average Bonchev–Trinajstić information content (AvgIpc) is 2.46. The molecule has 3 heteroatoms. The lowest BCUT2D eigenvalue weighted by Crippen LogP contribution is -2.46. The first-order valence-corrected chi connectivity index (χ1v) is 8.02. The predicted octanol–water partition coefficient (Wildman–Crippen LogP) is 3.95. The van der Waals surface area contributed by atoms with E-state index in [0.717, 1.165) is 32.1 Å². The monoisotopic (exact) mass is 288 g/mol. The van der Waals surface area contributed by atoms with Crippen molar-refractivity contribution in [3.05, 3.63) is 29.3 Å². The molecule has 21 heavy (non-hydrogen) atoms. The number of rotatable bonds is 2. The fourth-order valence-corrected chi connectivity index (χ4v) is 4.91. The summed E-state index contributed by atoms with van der Waals surface area (Å²) in [6, 6.07) is 5.71. The number of aryl methyl sites for hydroxylation is 1. The molecule has 2 N–H and O–H groups in total. The summed E-state index contributed by atoms with van der Waals surface area (Å²) in [5.74, 6) is 0.874. The van der Waals surface area contributed by atoms with E-state index in [4.69, 9.17) is 0 Å². The molecule has 0 bridgehead atoms. The summed E-state index contributed by atoms with van der Waals surface area (Å²) >= 11 is 0. The number of hydrogen-bond donors (Lipinski definition) is 2. The summed E-state index contributed by atoms with van der Waals surface area (Å²) in [5.41, 5.74) is 2.02. The number of hydrogen-bond acceptors (Lipinski definition) is 2. The van der Waals surface area contributed by atoms with Gasteiger partial charge in [-0.1, -0.05) is 19.4 Å². The zero-order valence-corrected chi connectivity index (χ0v) is 12.8. The molecule has 1 fully saturated rings. The molecule has 2 unspecified atom stereocenters. The molecular formula is C18H24O3. The van der Waals surface area contributed by atoms with Gasteiger partial charge < -0.3 is 10.2 Å². The molecule has 0 spiro atoms. The summed E-state index contributed by atoms with van der Waals surface area (Å²) in [4.78, 5) is 11.8. The number of phenols is 1. The number of carboxylic acid groups (broad SMARTS) is 1. The normalized spacial score (nSPS) is 34.9. The van der Waals surface area contributed by atoms with Crippen LogP contribution in [-0.2, 0) is 11.2 Å². The SMILES string of the molecule is CC[C@H]1C2CCc3cc(O)ccc3C2CC[C@]1(C)C(=O)O. The number of phenolic OH excluding ortho intramolecular Hbond substituents is 1. The van der Waals surface area contributed by atoms with Crippen LogP contribution in [0.5, 0.6) is 5.75 Å². The first kappa shape index (κ1) is 14.4. The van der Waals surface area contributed by atoms with E-state index in [-0.39, 0.29) is 5.92 Å². The molecule has 1 aromatic rings. The van der Waals surface area contributed by atoms with E-state index >= 15 is 0 Å². The second kappa shape index (κ2) is 5.04. The van der Waals surface area contributed by atoms with E-state index in [1.54, 1.807) is 6.07 Å². The lowest BCUT2D eigenvalue weighted by atomic mass is 9.54. The molecule has 0 amide bonds. The predicted molar refractivity (Wildman–Crippen MR) is 81.4 cm³/mol. The Morgan fingerprint density at radius 1 is 1.38 bits per heavy atom. The van der Waals surface area contributed by atoms with Gasteiger partial charge in [0.2, 0.25) is 0 Å². The quantitative estimate of drug-likeness (QED) is 0.866. The Labute approximate surface area is 126 Å². The molecule has 3 nitrogen and oxygen atoms in total. The van der Waals surface area contributed by atoms with Crippen molar-refractivity contribution in [2.45, 2.75) is 51.9 Å². The largest absolute Gasteiger partial charge is 0.508 e. The van der Waals surface area contributed by atoms with Crippen molar-refractivity contribution in [1.29, 1.82) is 0 Å². The minimum atomic E-state index is -0.635. The highest BCUT2D eigenvalue weighted by Crippen LogP contribution is 2.55. The van der Waals surface area contributed by atoms with Crippen LogP contribution >= 0.6 is 0 Å². The molecule has 0 heterocycles. The molecule has 0 aliphatic heterocycles. The number of carboxylic acids is 1. The van der Waals surface area contributed by atoms with Gasteiger partial charge in [0, 0.05) is 0 Å². The van der Waals surface area contributed by atoms with Gasteiger partial charge in [0.25, 0.3) is 0 Å². The second-order valence-corrected chi connectivity index (χ2v) is 6.97. The first-order valence-electron chi connectivity index (χ1n) is 8.02. The third kappa shape index (κ3) is 2.14. The Balaban J connectivity index is 1.98. The van der Waals surface area contributed by atoms with Crippen molar-refractivity contribution in [3.8, 4) is 5.75 Å². The minimum absolute atomic E-state index is 0.246. The topological polar surface area (TPSA) is 57.5 Å². The standard InChI is InChI=1S/C18H24O3/c1-3-16-15-6-4-11-10-12(19)5-7-13(11)14(15)8-9-18(16,2)17(20)21/h5,7,10,14-16,19H,3-4,6,8-9H2,1-2H3,(H,20,21)/t14?,15?,16-,18-/m0/s1. The van der Waals surface area contributed by atoms with Gasteiger partial charge in [-0.15, -0.1) is 0 Å². The molecule has 2 aliphatic carbocycles. The van der Waals surface area contributed by atoms with Gasteiger partial charge in [0.05, 0.1) is 5.41 Å². The highest BCUT2D eigenvalue weighted by atomic mass is 16.4. The van der Waals surface area contributed by atoms with E-state index in [0.29, 0.717) is 17.6 Å². The van der Waals surface area contributed by atoms with Crippen molar-refractivity contribution in [3.63, 3.8) is 0 Å². The van der Waals surface area contributed by atoms with Crippen molar-refractivity contribution in [2.24, 2.45) is 17.3 Å². The summed E-state index contributed by atoms with van der Waals surface area (Å²) in [7, 11) is 0. The van der Waals surface area contributed by atoms with E-state index in [1.165, 1.54) is 11.1 Å². The van der Waals surface area contributed by atoms with Crippen LogP contribution in [0, 0.1) is 17.3 Å². The van der Waals surface area contributed by atoms with E-state index in [9.17, 15) is 15.0 Å². The number of aliphatic carboxylic acids is 1. The molecular weight excluding hydrogens is 264 g/mol. The molecule has 2 aliphatic rings. The summed E-state index contributed by atoms with van der Waals surface area (Å²) in [6.45, 7) is 4.06. The molecule has 1 saturated carbocycles. The van der Waals surface area contributed by atoms with Crippen LogP contribution in [0.3, 0.4) is 0 Å². The van der Waals surface area contributed by atoms with Crippen molar-refractivity contribution >= 4 is 5.97 Å². The fraction of sp³-hybridized carbons (Fsp3) is 0.611. The van der Waals surface area contributed by atoms with E-state index in [2.05, 4.69) is 13.0 Å². The second-order valence-electron chi connectivity index (χ2n) is 6.97. The fourth-order valence-electron chi connectivity index (χ4n) is 4.91. The summed E-state index contributed by atoms with van der Waals surface area (Å²) < 4.78 is 0. The Kier molecular flexibility index (Phi) is 3.46. The Morgan fingerprint density at radius 3 is 2.81 bits per heavy atom. The van der Waals surface area contributed by atoms with Crippen LogP contribution in [0.4, 0.5) is 0 Å². The van der Waals surface area contributed by atoms with Crippen molar-refractivity contribution < 1.29 is 15.0 Å². The zero-order chi connectivity index (χ0) is 15.2. The molecule has 0 aromatic heterocycles. The van der Waals surface area contributed by atoms with Crippen LogP contribution in [0.25, 0.3) is 0 Å². The van der Waals surface area contributed by atoms with Crippen LogP contribution in [0.15, 0.2) is 18.2 Å². The Hall–Kier alpha value is -1.51. The highest BCUT2D eigenvalue weighted by Gasteiger charge is 2.51. The van der Waals surface area contributed by atoms with Gasteiger partial charge in [-0.25, -0.2) is 0 Å². The Bertz CT molecular complexity index is 566. The highest BCUT2D eigenvalue weighted by molar-refractivity contribution is 5.75. The van der Waals surface area contributed by atoms with Crippen molar-refractivity contribution in [2.75, 3.05) is 0 Å². The lowest BCUT2D eigenvalue weighted by Gasteiger charge is -2.49. The van der Waals surface area contributed by atoms with Crippen LogP contribution in [-0.4, -0.2) is 16.2 Å². The third-order valence-corrected chi connectivity index (χ3v) is 6.03. The first-order chi connectivity index (χ1) is 9.97. The summed E-state index contributed by atoms with van der Waals surface area (Å²) in [6.07, 6.45) is 4.63. The number of carbonyl (C=O) groups is 1. The molecule has 1 aromatic carbocycles. The smallest absolute Gasteiger partial charge is 0.309 e. The van der Waals surface area contributed by atoms with Crippen LogP contribution in [0.2, 0.25) is 0 Å². The van der Waals surface area contributed by atoms with Crippen molar-refractivity contribution in [1.82, 2.24) is 0 Å². The molecule has 3 rings (SSSR count). The maximum absolute atomic E-state index is 11.8. The van der Waals surface area contributed by atoms with Gasteiger partial charge in [0.1, 0.15) is 5.75 Å². The van der Waals surface area contributed by atoms with Gasteiger partial charge >= 0.3 is 5.97 Å². The molecule has 0 radical (unpaired) electrons. The van der Waals surface area contributed by atoms with Crippen LogP contribution < -0.4 is 0 Å². The zero-order valence-electron chi connectivity index (χ0n) is 12.8. The molecule has 114 valence electrons. The maximum atomic E-state index is 11.8. The lowest BCUT2D eigenvalue weighted by molar-refractivity contribution is -0.157. The Morgan fingerprint density at radius 2 is 2.14 bits per heavy atom. The molecule has 0 saturated heterocycles. The van der Waals surface area contributed by atoms with Gasteiger partial charge in [0.15, 0.2) is 0 Å². The van der Waals surface area contributed by atoms with Crippen LogP contribution in [0.1, 0.15) is 56.6 Å². The number of aromatic hydroxyl groups is 1. The molecule has 4 atom stereocenters. The third-order valence-electron chi connectivity index (χ3n) is 6.03. The van der Waals surface area contributed by atoms with E-state index < -0.39 is 11.4 Å². The number of fused-ring (bicyclic) bond motifs is 3. The van der Waals surface area contributed by atoms with Gasteiger partial charge in [-0.2, -0.15) is 0 Å². The van der Waals surface area contributed by atoms with Gasteiger partial charge in [-0.05, 0) is 73.6 Å². The summed E-state index contributed by atoms with van der Waals surface area (Å²) in [5, 5.41) is 19.3. The minimum Gasteiger partial charge on any atom is -0.508 e. The maximum Gasteiger partial charge on any atom is 0.309 e. The number of benzene rings is 1. The van der Waals surface area contributed by atoms with Gasteiger partial charge in [-0.3, -0.25) is 4.79 Å².